The van der Waals surface area contributed by atoms with Crippen LogP contribution in [0.1, 0.15) is 135 Å². The molecule has 52 heavy (non-hydrogen) atoms. The second kappa shape index (κ2) is 22.8. The maximum absolute atomic E-state index is 12.3. The van der Waals surface area contributed by atoms with Crippen LogP contribution >= 0.6 is 0 Å². The molecular weight excluding hydrogens is 668 g/mol. The second-order valence-corrected chi connectivity index (χ2v) is 15.7. The summed E-state index contributed by atoms with van der Waals surface area (Å²) in [6.45, 7) is 7.86. The minimum absolute atomic E-state index is 0.0122. The number of carbonyl (C=O) groups excluding carboxylic acids is 5. The number of nitrogens with one attached hydrogen (secondary N) is 3. The summed E-state index contributed by atoms with van der Waals surface area (Å²) < 4.78 is 0. The molecule has 0 saturated heterocycles. The summed E-state index contributed by atoms with van der Waals surface area (Å²) in [6, 6.07) is 0. The van der Waals surface area contributed by atoms with Crippen LogP contribution in [0.3, 0.4) is 0 Å². The van der Waals surface area contributed by atoms with E-state index in [0.29, 0.717) is 67.2 Å². The van der Waals surface area contributed by atoms with Crippen LogP contribution in [0.15, 0.2) is 12.3 Å². The molecule has 5 amide bonds. The Morgan fingerprint density at radius 1 is 0.577 bits per heavy atom. The minimum Gasteiger partial charge on any atom is -0.389 e. The highest BCUT2D eigenvalue weighted by Crippen LogP contribution is 2.61. The third-order valence-electron chi connectivity index (χ3n) is 11.0. The Balaban J connectivity index is 1.09. The van der Waals surface area contributed by atoms with Crippen molar-refractivity contribution in [2.45, 2.75) is 135 Å². The van der Waals surface area contributed by atoms with Crippen LogP contribution in [-0.4, -0.2) is 99.6 Å². The summed E-state index contributed by atoms with van der Waals surface area (Å²) in [7, 11) is 0. The summed E-state index contributed by atoms with van der Waals surface area (Å²) in [5.41, 5.74) is 1.64. The Morgan fingerprint density at radius 3 is 1.37 bits per heavy atom. The molecule has 4 aliphatic rings. The molecule has 4 saturated carbocycles. The lowest BCUT2D eigenvalue weighted by Gasteiger charge is -2.57. The van der Waals surface area contributed by atoms with E-state index < -0.39 is 17.7 Å². The summed E-state index contributed by atoms with van der Waals surface area (Å²) >= 11 is 0. The topological polar surface area (TPSA) is 192 Å². The Morgan fingerprint density at radius 2 is 0.962 bits per heavy atom. The van der Waals surface area contributed by atoms with Crippen molar-refractivity contribution < 1.29 is 39.6 Å². The molecule has 0 spiro atoms. The smallest absolute Gasteiger partial charge is 0.246 e. The molecule has 0 aliphatic heterocycles. The van der Waals surface area contributed by atoms with Gasteiger partial charge in [0, 0.05) is 77.6 Å². The van der Waals surface area contributed by atoms with Crippen LogP contribution in [-0.2, 0) is 24.0 Å². The van der Waals surface area contributed by atoms with Gasteiger partial charge in [-0.25, -0.2) is 15.2 Å². The molecular formula is C38H66N6O8. The van der Waals surface area contributed by atoms with Gasteiger partial charge < -0.3 is 16.0 Å². The molecule has 0 heterocycles. The average Bonchev–Trinajstić information content (AvgIpc) is 3.09. The van der Waals surface area contributed by atoms with Gasteiger partial charge in [-0.2, -0.15) is 0 Å². The molecule has 4 fully saturated rings. The molecule has 0 aromatic heterocycles. The van der Waals surface area contributed by atoms with E-state index in [0.717, 1.165) is 60.7 Å². The number of carbonyl (C=O) groups is 5. The van der Waals surface area contributed by atoms with E-state index in [9.17, 15) is 39.6 Å². The number of rotatable bonds is 27. The first-order chi connectivity index (χ1) is 24.9. The Kier molecular flexibility index (Phi) is 18.9. The molecule has 4 rings (SSSR count). The van der Waals surface area contributed by atoms with Gasteiger partial charge in [0.1, 0.15) is 0 Å². The zero-order valence-corrected chi connectivity index (χ0v) is 31.5. The summed E-state index contributed by atoms with van der Waals surface area (Å²) in [5.74, 6) is 0.829. The van der Waals surface area contributed by atoms with Crippen molar-refractivity contribution in [1.29, 1.82) is 0 Å². The molecule has 4 bridgehead atoms. The number of amides is 5. The predicted molar refractivity (Wildman–Crippen MR) is 195 cm³/mol. The van der Waals surface area contributed by atoms with Crippen LogP contribution < -0.4 is 16.0 Å². The van der Waals surface area contributed by atoms with E-state index in [1.807, 2.05) is 0 Å². The SMILES string of the molecule is C=C(CC12CC3CC(CC(C3)C1)C2)NCCCCCN(O)C(=O)CCC(=O)NCCCCCN(O)C(=O)CCC(=O)NCCCCCN(O)C(C)=O. The van der Waals surface area contributed by atoms with E-state index in [1.165, 1.54) is 45.4 Å². The normalized spacial score (nSPS) is 21.3. The first-order valence-corrected chi connectivity index (χ1v) is 19.8. The number of nitrogens with zero attached hydrogens (tertiary/aromatic N) is 3. The predicted octanol–water partition coefficient (Wildman–Crippen LogP) is 4.67. The number of hydrogen-bond acceptors (Lipinski definition) is 9. The highest BCUT2D eigenvalue weighted by Gasteiger charge is 2.50. The summed E-state index contributed by atoms with van der Waals surface area (Å²) in [6.07, 6.45) is 15.7. The first-order valence-electron chi connectivity index (χ1n) is 19.8. The van der Waals surface area contributed by atoms with Crippen molar-refractivity contribution in [3.63, 3.8) is 0 Å². The van der Waals surface area contributed by atoms with Gasteiger partial charge in [0.15, 0.2) is 0 Å². The average molecular weight is 735 g/mol. The third kappa shape index (κ3) is 16.2. The van der Waals surface area contributed by atoms with Crippen LogP contribution in [0.25, 0.3) is 0 Å². The number of hydrogen-bond donors (Lipinski definition) is 6. The molecule has 14 heteroatoms. The van der Waals surface area contributed by atoms with Crippen molar-refractivity contribution in [3.8, 4) is 0 Å². The van der Waals surface area contributed by atoms with E-state index >= 15 is 0 Å². The van der Waals surface area contributed by atoms with Crippen LogP contribution in [0, 0.1) is 23.2 Å². The fourth-order valence-electron chi connectivity index (χ4n) is 8.72. The van der Waals surface area contributed by atoms with Crippen LogP contribution in [0.2, 0.25) is 0 Å². The lowest BCUT2D eigenvalue weighted by molar-refractivity contribution is -0.166. The van der Waals surface area contributed by atoms with Gasteiger partial charge in [0.25, 0.3) is 0 Å². The molecule has 4 aliphatic carbocycles. The van der Waals surface area contributed by atoms with E-state index in [1.54, 1.807) is 0 Å². The van der Waals surface area contributed by atoms with Gasteiger partial charge in [0.05, 0.1) is 0 Å². The number of allylic oxidation sites excluding steroid dienone is 1. The van der Waals surface area contributed by atoms with Gasteiger partial charge in [-0.05, 0) is 126 Å². The first kappa shape index (κ1) is 43.2. The molecule has 0 aromatic carbocycles. The summed E-state index contributed by atoms with van der Waals surface area (Å²) in [5, 5.41) is 40.4. The highest BCUT2D eigenvalue weighted by atomic mass is 16.5. The van der Waals surface area contributed by atoms with E-state index in [2.05, 4.69) is 22.5 Å². The van der Waals surface area contributed by atoms with Gasteiger partial charge in [-0.15, -0.1) is 0 Å². The zero-order chi connectivity index (χ0) is 37.9. The van der Waals surface area contributed by atoms with Crippen LogP contribution in [0.4, 0.5) is 0 Å². The zero-order valence-electron chi connectivity index (χ0n) is 31.5. The Labute approximate surface area is 310 Å². The minimum atomic E-state index is -0.543. The lowest BCUT2D eigenvalue weighted by Crippen LogP contribution is -2.46. The molecule has 0 unspecified atom stereocenters. The maximum atomic E-state index is 12.3. The standard InChI is InChI=1S/C38H66N6O8/c1-29(25-38-26-31-22-32(27-38)24-33(23-31)28-38)39-16-6-3-10-20-43(51)36(48)14-13-35(47)41-18-8-5-11-21-44(52)37(49)15-12-34(46)40-17-7-4-9-19-42(50)30(2)45/h31-33,39,50-52H,1,3-28H2,2H3,(H,40,46)(H,41,47). The van der Waals surface area contributed by atoms with E-state index in [4.69, 9.17) is 0 Å². The molecule has 296 valence electrons. The highest BCUT2D eigenvalue weighted by molar-refractivity contribution is 5.83. The summed E-state index contributed by atoms with van der Waals surface area (Å²) in [4.78, 5) is 59.4. The van der Waals surface area contributed by atoms with Crippen molar-refractivity contribution in [1.82, 2.24) is 31.1 Å². The van der Waals surface area contributed by atoms with Gasteiger partial charge in [-0.1, -0.05) is 6.58 Å². The lowest BCUT2D eigenvalue weighted by atomic mass is 9.48. The molecule has 0 radical (unpaired) electrons. The van der Waals surface area contributed by atoms with Crippen molar-refractivity contribution in [3.05, 3.63) is 12.3 Å². The molecule has 0 atom stereocenters. The van der Waals surface area contributed by atoms with Crippen molar-refractivity contribution in [2.75, 3.05) is 39.3 Å². The van der Waals surface area contributed by atoms with E-state index in [-0.39, 0.29) is 57.1 Å². The quantitative estimate of drug-likeness (QED) is 0.0395. The van der Waals surface area contributed by atoms with Gasteiger partial charge in [-0.3, -0.25) is 39.6 Å². The monoisotopic (exact) mass is 734 g/mol. The van der Waals surface area contributed by atoms with Crippen molar-refractivity contribution in [2.24, 2.45) is 23.2 Å². The largest absolute Gasteiger partial charge is 0.389 e. The van der Waals surface area contributed by atoms with Gasteiger partial charge >= 0.3 is 0 Å². The Bertz CT molecular complexity index is 1150. The molecule has 14 nitrogen and oxygen atoms in total. The van der Waals surface area contributed by atoms with Crippen molar-refractivity contribution >= 4 is 29.5 Å². The maximum Gasteiger partial charge on any atom is 0.246 e. The molecule has 0 aromatic rings. The fourth-order valence-corrected chi connectivity index (χ4v) is 8.72. The number of hydroxylamine groups is 6. The van der Waals surface area contributed by atoms with Crippen LogP contribution in [0.5, 0.6) is 0 Å². The second-order valence-electron chi connectivity index (χ2n) is 15.7. The third-order valence-corrected chi connectivity index (χ3v) is 11.0. The fraction of sp³-hybridized carbons (Fsp3) is 0.816. The number of unbranched alkanes of at least 4 members (excludes halogenated alkanes) is 6. The molecule has 6 N–H and O–H groups in total. The van der Waals surface area contributed by atoms with Gasteiger partial charge in [0.2, 0.25) is 29.5 Å². The Hall–Kier alpha value is -3.23.